The van der Waals surface area contributed by atoms with E-state index in [0.29, 0.717) is 12.1 Å². The summed E-state index contributed by atoms with van der Waals surface area (Å²) in [6, 6.07) is -0.382. The average molecular weight is 265 g/mol. The van der Waals surface area contributed by atoms with E-state index in [0.717, 1.165) is 0 Å². The number of aromatic hydroxyl groups is 2. The van der Waals surface area contributed by atoms with Crippen LogP contribution in [0.25, 0.3) is 0 Å². The van der Waals surface area contributed by atoms with Crippen molar-refractivity contribution >= 4 is 5.97 Å². The van der Waals surface area contributed by atoms with Gasteiger partial charge < -0.3 is 21.1 Å². The molecule has 0 aliphatic carbocycles. The van der Waals surface area contributed by atoms with E-state index in [1.165, 1.54) is 0 Å². The monoisotopic (exact) mass is 265 g/mol. The molecule has 1 rings (SSSR count). The molecule has 8 heteroatoms. The van der Waals surface area contributed by atoms with Crippen molar-refractivity contribution in [2.75, 3.05) is 0 Å². The molecule has 0 aromatic heterocycles. The van der Waals surface area contributed by atoms with E-state index in [4.69, 9.17) is 15.9 Å². The van der Waals surface area contributed by atoms with E-state index < -0.39 is 47.2 Å². The maximum absolute atomic E-state index is 12.7. The van der Waals surface area contributed by atoms with E-state index in [-0.39, 0.29) is 0 Å². The molecule has 0 fully saturated rings. The van der Waals surface area contributed by atoms with Crippen molar-refractivity contribution in [2.45, 2.75) is 18.6 Å². The van der Waals surface area contributed by atoms with Gasteiger partial charge in [-0.25, -0.2) is 0 Å². The predicted molar refractivity (Wildman–Crippen MR) is 54.0 cm³/mol. The second-order valence-electron chi connectivity index (χ2n) is 3.60. The normalized spacial score (nSPS) is 13.3. The zero-order valence-electron chi connectivity index (χ0n) is 8.90. The van der Waals surface area contributed by atoms with E-state index in [1.54, 1.807) is 0 Å². The van der Waals surface area contributed by atoms with Crippen LogP contribution in [0.3, 0.4) is 0 Å². The van der Waals surface area contributed by atoms with Gasteiger partial charge in [-0.05, 0) is 12.1 Å². The first kappa shape index (κ1) is 14.1. The van der Waals surface area contributed by atoms with Crippen molar-refractivity contribution in [2.24, 2.45) is 5.73 Å². The Bertz CT molecular complexity index is 473. The number of hydrogen-bond acceptors (Lipinski definition) is 4. The van der Waals surface area contributed by atoms with Crippen LogP contribution < -0.4 is 5.73 Å². The van der Waals surface area contributed by atoms with Gasteiger partial charge in [0.25, 0.3) is 0 Å². The highest BCUT2D eigenvalue weighted by atomic mass is 19.4. The first-order valence-electron chi connectivity index (χ1n) is 4.74. The van der Waals surface area contributed by atoms with E-state index in [2.05, 4.69) is 0 Å². The number of carbonyl (C=O) groups is 1. The average Bonchev–Trinajstić information content (AvgIpc) is 2.18. The predicted octanol–water partition coefficient (Wildman–Crippen LogP) is 1.59. The third-order valence-corrected chi connectivity index (χ3v) is 2.27. The molecule has 0 aliphatic rings. The lowest BCUT2D eigenvalue weighted by molar-refractivity contribution is -0.140. The number of rotatable bonds is 3. The summed E-state index contributed by atoms with van der Waals surface area (Å²) in [6.07, 6.45) is -5.61. The van der Waals surface area contributed by atoms with Crippen LogP contribution in [0.1, 0.15) is 23.6 Å². The molecule has 0 saturated heterocycles. The number of alkyl halides is 3. The Morgan fingerprint density at radius 1 is 1.33 bits per heavy atom. The molecule has 1 unspecified atom stereocenters. The highest BCUT2D eigenvalue weighted by Gasteiger charge is 2.37. The van der Waals surface area contributed by atoms with Crippen LogP contribution in [-0.4, -0.2) is 21.3 Å². The van der Waals surface area contributed by atoms with Crippen LogP contribution in [0.15, 0.2) is 12.1 Å². The summed E-state index contributed by atoms with van der Waals surface area (Å²) in [6.45, 7) is 0. The minimum atomic E-state index is -4.81. The number of carboxylic acid groups (broad SMARTS) is 1. The number of phenolic OH excluding ortho intramolecular Hbond substituents is 2. The van der Waals surface area contributed by atoms with Crippen molar-refractivity contribution in [3.63, 3.8) is 0 Å². The second kappa shape index (κ2) is 4.73. The van der Waals surface area contributed by atoms with Crippen LogP contribution in [0.5, 0.6) is 11.5 Å². The third-order valence-electron chi connectivity index (χ3n) is 2.27. The molecule has 18 heavy (non-hydrogen) atoms. The smallest absolute Gasteiger partial charge is 0.416 e. The maximum atomic E-state index is 12.7. The van der Waals surface area contributed by atoms with Crippen LogP contribution in [0, 0.1) is 0 Å². The van der Waals surface area contributed by atoms with E-state index >= 15 is 0 Å². The fourth-order valence-corrected chi connectivity index (χ4v) is 1.51. The number of halogens is 3. The molecule has 0 heterocycles. The number of phenols is 2. The van der Waals surface area contributed by atoms with Crippen LogP contribution >= 0.6 is 0 Å². The van der Waals surface area contributed by atoms with Gasteiger partial charge in [0.15, 0.2) is 11.5 Å². The topological polar surface area (TPSA) is 104 Å². The molecule has 5 N–H and O–H groups in total. The molecule has 1 aromatic rings. The Labute approximate surface area is 99.3 Å². The van der Waals surface area contributed by atoms with Crippen LogP contribution in [0.4, 0.5) is 13.2 Å². The number of aliphatic carboxylic acids is 1. The van der Waals surface area contributed by atoms with E-state index in [1.807, 2.05) is 0 Å². The Kier molecular flexibility index (Phi) is 3.70. The van der Waals surface area contributed by atoms with Gasteiger partial charge in [0.1, 0.15) is 0 Å². The van der Waals surface area contributed by atoms with Gasteiger partial charge in [-0.1, -0.05) is 0 Å². The summed E-state index contributed by atoms with van der Waals surface area (Å²) in [4.78, 5) is 10.4. The summed E-state index contributed by atoms with van der Waals surface area (Å²) >= 11 is 0. The first-order chi connectivity index (χ1) is 8.14. The lowest BCUT2D eigenvalue weighted by Gasteiger charge is -2.19. The van der Waals surface area contributed by atoms with Crippen LogP contribution in [-0.2, 0) is 11.0 Å². The second-order valence-corrected chi connectivity index (χ2v) is 3.60. The number of hydrogen-bond donors (Lipinski definition) is 4. The summed E-state index contributed by atoms with van der Waals surface area (Å²) in [5.74, 6) is -3.27. The van der Waals surface area contributed by atoms with Crippen LogP contribution in [0.2, 0.25) is 0 Å². The van der Waals surface area contributed by atoms with Gasteiger partial charge in [0.05, 0.1) is 12.0 Å². The van der Waals surface area contributed by atoms with Gasteiger partial charge in [-0.2, -0.15) is 13.2 Å². The van der Waals surface area contributed by atoms with E-state index in [9.17, 15) is 23.1 Å². The highest BCUT2D eigenvalue weighted by Crippen LogP contribution is 2.42. The summed E-state index contributed by atoms with van der Waals surface area (Å²) in [5, 5.41) is 27.0. The minimum absolute atomic E-state index is 0.534. The SMILES string of the molecule is NC(CC(=O)O)c1c(C(F)(F)F)ccc(O)c1O. The zero-order valence-corrected chi connectivity index (χ0v) is 8.90. The molecular weight excluding hydrogens is 255 g/mol. The Hall–Kier alpha value is -1.96. The fraction of sp³-hybridized carbons (Fsp3) is 0.300. The highest BCUT2D eigenvalue weighted by molar-refractivity contribution is 5.68. The van der Waals surface area contributed by atoms with Gasteiger partial charge in [0, 0.05) is 11.6 Å². The molecule has 0 spiro atoms. The zero-order chi connectivity index (χ0) is 14.1. The summed E-state index contributed by atoms with van der Waals surface area (Å²) in [7, 11) is 0. The lowest BCUT2D eigenvalue weighted by atomic mass is 9.96. The Morgan fingerprint density at radius 3 is 2.33 bits per heavy atom. The number of benzene rings is 1. The van der Waals surface area contributed by atoms with Crippen molar-refractivity contribution in [3.05, 3.63) is 23.3 Å². The molecule has 0 saturated carbocycles. The largest absolute Gasteiger partial charge is 0.504 e. The number of carboxylic acids is 1. The van der Waals surface area contributed by atoms with Gasteiger partial charge >= 0.3 is 12.1 Å². The fourth-order valence-electron chi connectivity index (χ4n) is 1.51. The number of nitrogens with two attached hydrogens (primary N) is 1. The Morgan fingerprint density at radius 2 is 1.89 bits per heavy atom. The summed E-state index contributed by atoms with van der Waals surface area (Å²) < 4.78 is 38.0. The minimum Gasteiger partial charge on any atom is -0.504 e. The molecule has 0 bridgehead atoms. The van der Waals surface area contributed by atoms with Gasteiger partial charge in [0.2, 0.25) is 0 Å². The molecule has 0 amide bonds. The van der Waals surface area contributed by atoms with Crippen molar-refractivity contribution in [3.8, 4) is 11.5 Å². The van der Waals surface area contributed by atoms with Crippen molar-refractivity contribution < 1.29 is 33.3 Å². The molecule has 5 nitrogen and oxygen atoms in total. The Balaban J connectivity index is 3.38. The van der Waals surface area contributed by atoms with Gasteiger partial charge in [-0.3, -0.25) is 4.79 Å². The third kappa shape index (κ3) is 2.83. The van der Waals surface area contributed by atoms with Gasteiger partial charge in [-0.15, -0.1) is 0 Å². The van der Waals surface area contributed by atoms with Crippen molar-refractivity contribution in [1.82, 2.24) is 0 Å². The molecule has 1 atom stereocenters. The molecule has 1 aromatic carbocycles. The molecule has 0 aliphatic heterocycles. The first-order valence-corrected chi connectivity index (χ1v) is 4.74. The lowest BCUT2D eigenvalue weighted by Crippen LogP contribution is -2.20. The molecule has 0 radical (unpaired) electrons. The molecule has 100 valence electrons. The maximum Gasteiger partial charge on any atom is 0.416 e. The molecular formula is C10H10F3NO4. The van der Waals surface area contributed by atoms with Crippen molar-refractivity contribution in [1.29, 1.82) is 0 Å². The summed E-state index contributed by atoms with van der Waals surface area (Å²) in [5.41, 5.74) is 3.21. The quantitative estimate of drug-likeness (QED) is 0.621. The standard InChI is InChI=1S/C10H10F3NO4/c11-10(12,13)4-1-2-6(15)9(18)8(4)5(14)3-7(16)17/h1-2,5,15,18H,3,14H2,(H,16,17).